The Balaban J connectivity index is 0.000000640. The second kappa shape index (κ2) is 3.22. The summed E-state index contributed by atoms with van der Waals surface area (Å²) in [5.74, 6) is 1.78. The largest absolute Gasteiger partial charge is 0.263 e. The maximum absolute atomic E-state index is 4.06. The summed E-state index contributed by atoms with van der Waals surface area (Å²) in [6.45, 7) is 3.93. The normalized spacial score (nSPS) is 8.67. The van der Waals surface area contributed by atoms with E-state index < -0.39 is 0 Å². The van der Waals surface area contributed by atoms with Crippen LogP contribution in [0.2, 0.25) is 0 Å². The molecule has 1 aromatic heterocycles. The average Bonchev–Trinajstić information content (AvgIpc) is 2.14. The third-order valence-electron chi connectivity index (χ3n) is 0.960. The van der Waals surface area contributed by atoms with Crippen LogP contribution in [-0.4, -0.2) is 15.2 Å². The molecule has 0 aliphatic heterocycles. The fourth-order valence-corrected chi connectivity index (χ4v) is 0.547. The summed E-state index contributed by atoms with van der Waals surface area (Å²) < 4.78 is 0. The van der Waals surface area contributed by atoms with Crippen molar-refractivity contribution >= 4 is 0 Å². The van der Waals surface area contributed by atoms with Gasteiger partial charge in [0.05, 0.1) is 0 Å². The second-order valence-corrected chi connectivity index (χ2v) is 1.69. The van der Waals surface area contributed by atoms with Gasteiger partial charge >= 0.3 is 0 Å². The zero-order chi connectivity index (χ0) is 5.98. The summed E-state index contributed by atoms with van der Waals surface area (Å²) in [4.78, 5) is 4.06. The lowest BCUT2D eigenvalue weighted by Crippen LogP contribution is -1.80. The summed E-state index contributed by atoms with van der Waals surface area (Å²) in [7, 11) is 0. The highest BCUT2D eigenvalue weighted by molar-refractivity contribution is 4.85. The number of H-pyrrole nitrogens is 1. The SMILES string of the molecule is C.CCc1n[nH]c(C)n1. The number of nitrogens with zero attached hydrogens (tertiary/aromatic N) is 2. The number of aryl methyl sites for hydroxylation is 2. The van der Waals surface area contributed by atoms with Gasteiger partial charge in [-0.3, -0.25) is 5.10 Å². The van der Waals surface area contributed by atoms with E-state index in [2.05, 4.69) is 15.2 Å². The van der Waals surface area contributed by atoms with Crippen LogP contribution in [0.4, 0.5) is 0 Å². The van der Waals surface area contributed by atoms with E-state index in [1.165, 1.54) is 0 Å². The van der Waals surface area contributed by atoms with Gasteiger partial charge in [0.15, 0.2) is 0 Å². The van der Waals surface area contributed by atoms with Crippen LogP contribution >= 0.6 is 0 Å². The summed E-state index contributed by atoms with van der Waals surface area (Å²) >= 11 is 0. The standard InChI is InChI=1S/C5H9N3.CH4/c1-3-5-6-4(2)7-8-5;/h3H2,1-2H3,(H,6,7,8);1H4. The molecule has 1 N–H and O–H groups in total. The van der Waals surface area contributed by atoms with E-state index in [4.69, 9.17) is 0 Å². The molecule has 0 fully saturated rings. The highest BCUT2D eigenvalue weighted by Crippen LogP contribution is 1.88. The van der Waals surface area contributed by atoms with Crippen molar-refractivity contribution in [2.45, 2.75) is 27.7 Å². The Hall–Kier alpha value is -0.860. The van der Waals surface area contributed by atoms with Gasteiger partial charge in [0, 0.05) is 6.42 Å². The molecule has 3 nitrogen and oxygen atoms in total. The van der Waals surface area contributed by atoms with Crippen LogP contribution in [0.1, 0.15) is 26.0 Å². The molecule has 1 aromatic rings. The van der Waals surface area contributed by atoms with E-state index in [0.717, 1.165) is 18.1 Å². The van der Waals surface area contributed by atoms with E-state index in [9.17, 15) is 0 Å². The van der Waals surface area contributed by atoms with Gasteiger partial charge in [-0.15, -0.1) is 0 Å². The molecule has 0 radical (unpaired) electrons. The molecule has 0 aliphatic carbocycles. The lowest BCUT2D eigenvalue weighted by Gasteiger charge is -1.76. The maximum Gasteiger partial charge on any atom is 0.150 e. The Morgan fingerprint density at radius 1 is 1.56 bits per heavy atom. The number of hydrogen-bond acceptors (Lipinski definition) is 2. The van der Waals surface area contributed by atoms with Crippen molar-refractivity contribution in [2.24, 2.45) is 0 Å². The summed E-state index contributed by atoms with van der Waals surface area (Å²) in [6, 6.07) is 0. The lowest BCUT2D eigenvalue weighted by atomic mass is 10.5. The summed E-state index contributed by atoms with van der Waals surface area (Å²) in [6.07, 6.45) is 0.907. The first-order valence-electron chi connectivity index (χ1n) is 2.71. The first kappa shape index (κ1) is 8.14. The topological polar surface area (TPSA) is 41.6 Å². The Labute approximate surface area is 55.5 Å². The van der Waals surface area contributed by atoms with E-state index in [1.807, 2.05) is 13.8 Å². The van der Waals surface area contributed by atoms with Crippen molar-refractivity contribution in [2.75, 3.05) is 0 Å². The van der Waals surface area contributed by atoms with E-state index >= 15 is 0 Å². The van der Waals surface area contributed by atoms with Crippen molar-refractivity contribution in [1.29, 1.82) is 0 Å². The average molecular weight is 127 g/mol. The molecule has 0 saturated heterocycles. The molecular formula is C6H13N3. The van der Waals surface area contributed by atoms with E-state index in [-0.39, 0.29) is 7.43 Å². The van der Waals surface area contributed by atoms with Crippen LogP contribution in [0.25, 0.3) is 0 Å². The Morgan fingerprint density at radius 2 is 2.22 bits per heavy atom. The van der Waals surface area contributed by atoms with Crippen molar-refractivity contribution in [3.8, 4) is 0 Å². The highest BCUT2D eigenvalue weighted by atomic mass is 15.2. The minimum atomic E-state index is 0. The van der Waals surface area contributed by atoms with Crippen LogP contribution in [-0.2, 0) is 6.42 Å². The molecule has 1 heterocycles. The molecule has 0 aromatic carbocycles. The van der Waals surface area contributed by atoms with Gasteiger partial charge in [0.2, 0.25) is 0 Å². The number of rotatable bonds is 1. The van der Waals surface area contributed by atoms with E-state index in [0.29, 0.717) is 0 Å². The van der Waals surface area contributed by atoms with Crippen molar-refractivity contribution < 1.29 is 0 Å². The van der Waals surface area contributed by atoms with Crippen molar-refractivity contribution in [3.63, 3.8) is 0 Å². The van der Waals surface area contributed by atoms with Crippen molar-refractivity contribution in [1.82, 2.24) is 15.2 Å². The third kappa shape index (κ3) is 1.83. The van der Waals surface area contributed by atoms with Gasteiger partial charge in [-0.25, -0.2) is 4.98 Å². The second-order valence-electron chi connectivity index (χ2n) is 1.69. The molecule has 0 bridgehead atoms. The highest BCUT2D eigenvalue weighted by Gasteiger charge is 1.91. The van der Waals surface area contributed by atoms with Crippen LogP contribution in [0.3, 0.4) is 0 Å². The smallest absolute Gasteiger partial charge is 0.150 e. The molecule has 0 spiro atoms. The number of hydrogen-bond donors (Lipinski definition) is 1. The van der Waals surface area contributed by atoms with E-state index in [1.54, 1.807) is 0 Å². The number of aromatic nitrogens is 3. The van der Waals surface area contributed by atoms with Crippen LogP contribution in [0.5, 0.6) is 0 Å². The van der Waals surface area contributed by atoms with Gasteiger partial charge in [-0.05, 0) is 6.92 Å². The molecule has 52 valence electrons. The summed E-state index contributed by atoms with van der Waals surface area (Å²) in [5, 5.41) is 6.66. The van der Waals surface area contributed by atoms with Gasteiger partial charge in [0.25, 0.3) is 0 Å². The van der Waals surface area contributed by atoms with Gasteiger partial charge < -0.3 is 0 Å². The Morgan fingerprint density at radius 3 is 2.44 bits per heavy atom. The molecular weight excluding hydrogens is 114 g/mol. The molecule has 0 amide bonds. The number of nitrogens with one attached hydrogen (secondary N) is 1. The fraction of sp³-hybridized carbons (Fsp3) is 0.667. The Bertz CT molecular complexity index is 169. The number of aromatic amines is 1. The molecule has 3 heteroatoms. The third-order valence-corrected chi connectivity index (χ3v) is 0.960. The first-order chi connectivity index (χ1) is 3.83. The monoisotopic (exact) mass is 127 g/mol. The fourth-order valence-electron chi connectivity index (χ4n) is 0.547. The molecule has 9 heavy (non-hydrogen) atoms. The molecule has 0 aliphatic rings. The minimum absolute atomic E-state index is 0. The summed E-state index contributed by atoms with van der Waals surface area (Å²) in [5.41, 5.74) is 0. The molecule has 0 saturated carbocycles. The van der Waals surface area contributed by atoms with Crippen LogP contribution in [0, 0.1) is 6.92 Å². The van der Waals surface area contributed by atoms with Gasteiger partial charge in [0.1, 0.15) is 11.6 Å². The minimum Gasteiger partial charge on any atom is -0.263 e. The zero-order valence-electron chi connectivity index (χ0n) is 5.10. The molecule has 0 atom stereocenters. The lowest BCUT2D eigenvalue weighted by molar-refractivity contribution is 0.945. The van der Waals surface area contributed by atoms with Gasteiger partial charge in [-0.2, -0.15) is 5.10 Å². The predicted octanol–water partition coefficient (Wildman–Crippen LogP) is 1.31. The maximum atomic E-state index is 4.06. The van der Waals surface area contributed by atoms with Crippen LogP contribution < -0.4 is 0 Å². The van der Waals surface area contributed by atoms with Gasteiger partial charge in [-0.1, -0.05) is 14.4 Å². The van der Waals surface area contributed by atoms with Crippen LogP contribution in [0.15, 0.2) is 0 Å². The van der Waals surface area contributed by atoms with Crippen molar-refractivity contribution in [3.05, 3.63) is 11.6 Å². The quantitative estimate of drug-likeness (QED) is 0.618. The first-order valence-corrected chi connectivity index (χ1v) is 2.71. The Kier molecular flexibility index (Phi) is 2.91. The molecule has 0 unspecified atom stereocenters. The zero-order valence-corrected chi connectivity index (χ0v) is 5.10. The predicted molar refractivity (Wildman–Crippen MR) is 37.2 cm³/mol. The molecule has 1 rings (SSSR count).